The van der Waals surface area contributed by atoms with Gasteiger partial charge in [0.1, 0.15) is 5.65 Å². The molecule has 0 spiro atoms. The number of nitrogens with zero attached hydrogens (tertiary/aromatic N) is 2. The topological polar surface area (TPSA) is 75.0 Å². The lowest BCUT2D eigenvalue weighted by Crippen LogP contribution is -2.37. The molecule has 1 amide bonds. The molecule has 0 aliphatic carbocycles. The van der Waals surface area contributed by atoms with Crippen LogP contribution < -0.4 is 5.73 Å². The third-order valence-corrected chi connectivity index (χ3v) is 4.14. The number of carbonyl (C=O) groups excluding carboxylic acids is 1. The lowest BCUT2D eigenvalue weighted by atomic mass is 10.1. The van der Waals surface area contributed by atoms with E-state index in [1.165, 1.54) is 5.56 Å². The molecule has 0 bridgehead atoms. The van der Waals surface area contributed by atoms with Crippen LogP contribution in [0.2, 0.25) is 0 Å². The fraction of sp³-hybridized carbons (Fsp3) is 0.263. The predicted octanol–water partition coefficient (Wildman–Crippen LogP) is 2.14. The summed E-state index contributed by atoms with van der Waals surface area (Å²) in [4.78, 5) is 21.9. The molecule has 1 aromatic carbocycles. The summed E-state index contributed by atoms with van der Waals surface area (Å²) in [6.45, 7) is 1.73. The third kappa shape index (κ3) is 3.81. The SMILES string of the molecule is NCCN(CCc1ccccc1)C(=O)Cc1c[nH]c2ncccc12. The summed E-state index contributed by atoms with van der Waals surface area (Å²) < 4.78 is 0. The van der Waals surface area contributed by atoms with E-state index < -0.39 is 0 Å². The van der Waals surface area contributed by atoms with Gasteiger partial charge in [-0.15, -0.1) is 0 Å². The van der Waals surface area contributed by atoms with E-state index in [0.717, 1.165) is 23.0 Å². The van der Waals surface area contributed by atoms with Gasteiger partial charge in [-0.2, -0.15) is 0 Å². The molecule has 5 heteroatoms. The molecular weight excluding hydrogens is 300 g/mol. The Labute approximate surface area is 141 Å². The van der Waals surface area contributed by atoms with E-state index in [-0.39, 0.29) is 5.91 Å². The lowest BCUT2D eigenvalue weighted by molar-refractivity contribution is -0.130. The van der Waals surface area contributed by atoms with Gasteiger partial charge in [-0.3, -0.25) is 4.79 Å². The molecule has 0 radical (unpaired) electrons. The molecule has 0 saturated heterocycles. The Morgan fingerprint density at radius 3 is 2.75 bits per heavy atom. The molecule has 0 unspecified atom stereocenters. The number of aromatic nitrogens is 2. The predicted molar refractivity (Wildman–Crippen MR) is 95.6 cm³/mol. The molecule has 0 saturated carbocycles. The van der Waals surface area contributed by atoms with E-state index in [9.17, 15) is 4.79 Å². The summed E-state index contributed by atoms with van der Waals surface area (Å²) in [5.41, 5.74) is 8.71. The first-order valence-corrected chi connectivity index (χ1v) is 8.20. The first kappa shape index (κ1) is 16.2. The normalized spacial score (nSPS) is 10.9. The highest BCUT2D eigenvalue weighted by Crippen LogP contribution is 2.17. The van der Waals surface area contributed by atoms with Crippen molar-refractivity contribution in [1.82, 2.24) is 14.9 Å². The number of H-pyrrole nitrogens is 1. The number of fused-ring (bicyclic) bond motifs is 1. The molecule has 2 aromatic heterocycles. The average Bonchev–Trinajstić information content (AvgIpc) is 3.02. The summed E-state index contributed by atoms with van der Waals surface area (Å²) in [5, 5.41) is 1.00. The number of rotatable bonds is 7. The van der Waals surface area contributed by atoms with Gasteiger partial charge in [-0.1, -0.05) is 30.3 Å². The maximum Gasteiger partial charge on any atom is 0.227 e. The van der Waals surface area contributed by atoms with E-state index in [1.807, 2.05) is 41.4 Å². The van der Waals surface area contributed by atoms with Crippen LogP contribution >= 0.6 is 0 Å². The number of nitrogens with one attached hydrogen (secondary N) is 1. The molecule has 24 heavy (non-hydrogen) atoms. The van der Waals surface area contributed by atoms with Crippen LogP contribution in [0.1, 0.15) is 11.1 Å². The number of carbonyl (C=O) groups is 1. The first-order valence-electron chi connectivity index (χ1n) is 8.20. The molecular formula is C19H22N4O. The molecule has 124 valence electrons. The number of pyridine rings is 1. The van der Waals surface area contributed by atoms with E-state index in [0.29, 0.717) is 26.1 Å². The molecule has 3 N–H and O–H groups in total. The second-order valence-corrected chi connectivity index (χ2v) is 5.80. The lowest BCUT2D eigenvalue weighted by Gasteiger charge is -2.22. The van der Waals surface area contributed by atoms with Gasteiger partial charge in [0.05, 0.1) is 6.42 Å². The Kier molecular flexibility index (Phi) is 5.23. The van der Waals surface area contributed by atoms with Gasteiger partial charge in [-0.05, 0) is 29.7 Å². The van der Waals surface area contributed by atoms with Crippen LogP contribution in [0.5, 0.6) is 0 Å². The highest BCUT2D eigenvalue weighted by Gasteiger charge is 2.15. The fourth-order valence-electron chi connectivity index (χ4n) is 2.86. The van der Waals surface area contributed by atoms with Crippen LogP contribution in [-0.2, 0) is 17.6 Å². The minimum absolute atomic E-state index is 0.0983. The monoisotopic (exact) mass is 322 g/mol. The van der Waals surface area contributed by atoms with Crippen molar-refractivity contribution in [3.63, 3.8) is 0 Å². The quantitative estimate of drug-likeness (QED) is 0.700. The van der Waals surface area contributed by atoms with Crippen molar-refractivity contribution in [3.05, 3.63) is 66.0 Å². The number of aromatic amines is 1. The Hall–Kier alpha value is -2.66. The van der Waals surface area contributed by atoms with Crippen LogP contribution in [-0.4, -0.2) is 40.4 Å². The molecule has 2 heterocycles. The van der Waals surface area contributed by atoms with Crippen molar-refractivity contribution in [1.29, 1.82) is 0 Å². The Morgan fingerprint density at radius 2 is 1.96 bits per heavy atom. The van der Waals surface area contributed by atoms with Crippen molar-refractivity contribution < 1.29 is 4.79 Å². The summed E-state index contributed by atoms with van der Waals surface area (Å²) >= 11 is 0. The Bertz CT molecular complexity index is 797. The van der Waals surface area contributed by atoms with Crippen molar-refractivity contribution in [2.24, 2.45) is 5.73 Å². The molecule has 0 atom stereocenters. The van der Waals surface area contributed by atoms with Crippen LogP contribution in [0.4, 0.5) is 0 Å². The molecule has 0 aliphatic rings. The van der Waals surface area contributed by atoms with E-state index >= 15 is 0 Å². The highest BCUT2D eigenvalue weighted by atomic mass is 16.2. The van der Waals surface area contributed by atoms with E-state index in [4.69, 9.17) is 5.73 Å². The van der Waals surface area contributed by atoms with Gasteiger partial charge in [0.15, 0.2) is 0 Å². The summed E-state index contributed by atoms with van der Waals surface area (Å²) in [7, 11) is 0. The zero-order valence-corrected chi connectivity index (χ0v) is 13.6. The molecule has 5 nitrogen and oxygen atoms in total. The summed E-state index contributed by atoms with van der Waals surface area (Å²) in [6, 6.07) is 14.1. The van der Waals surface area contributed by atoms with Crippen LogP contribution in [0, 0.1) is 0 Å². The van der Waals surface area contributed by atoms with Crippen LogP contribution in [0.15, 0.2) is 54.9 Å². The highest BCUT2D eigenvalue weighted by molar-refractivity contribution is 5.87. The molecule has 3 rings (SSSR count). The van der Waals surface area contributed by atoms with Crippen LogP contribution in [0.3, 0.4) is 0 Å². The largest absolute Gasteiger partial charge is 0.346 e. The van der Waals surface area contributed by atoms with E-state index in [2.05, 4.69) is 22.1 Å². The van der Waals surface area contributed by atoms with Gasteiger partial charge in [-0.25, -0.2) is 4.98 Å². The van der Waals surface area contributed by atoms with Crippen molar-refractivity contribution in [2.45, 2.75) is 12.8 Å². The molecule has 0 fully saturated rings. The molecule has 3 aromatic rings. The number of nitrogens with two attached hydrogens (primary N) is 1. The van der Waals surface area contributed by atoms with Gasteiger partial charge in [0.25, 0.3) is 0 Å². The number of benzene rings is 1. The van der Waals surface area contributed by atoms with Gasteiger partial charge in [0.2, 0.25) is 5.91 Å². The fourth-order valence-corrected chi connectivity index (χ4v) is 2.86. The second kappa shape index (κ2) is 7.75. The van der Waals surface area contributed by atoms with E-state index in [1.54, 1.807) is 6.20 Å². The zero-order valence-electron chi connectivity index (χ0n) is 13.6. The number of amides is 1. The average molecular weight is 322 g/mol. The molecule has 0 aliphatic heterocycles. The van der Waals surface area contributed by atoms with Gasteiger partial charge >= 0.3 is 0 Å². The minimum Gasteiger partial charge on any atom is -0.346 e. The number of hydrogen-bond donors (Lipinski definition) is 2. The second-order valence-electron chi connectivity index (χ2n) is 5.80. The van der Waals surface area contributed by atoms with Crippen LogP contribution in [0.25, 0.3) is 11.0 Å². The Morgan fingerprint density at radius 1 is 1.12 bits per heavy atom. The third-order valence-electron chi connectivity index (χ3n) is 4.14. The van der Waals surface area contributed by atoms with Gasteiger partial charge < -0.3 is 15.6 Å². The van der Waals surface area contributed by atoms with Crippen molar-refractivity contribution in [3.8, 4) is 0 Å². The minimum atomic E-state index is 0.0983. The maximum absolute atomic E-state index is 12.7. The maximum atomic E-state index is 12.7. The zero-order chi connectivity index (χ0) is 16.8. The van der Waals surface area contributed by atoms with Crippen molar-refractivity contribution in [2.75, 3.05) is 19.6 Å². The van der Waals surface area contributed by atoms with Crippen molar-refractivity contribution >= 4 is 16.9 Å². The smallest absolute Gasteiger partial charge is 0.227 e. The van der Waals surface area contributed by atoms with Gasteiger partial charge in [0, 0.05) is 37.4 Å². The Balaban J connectivity index is 1.67. The standard InChI is InChI=1S/C19H22N4O/c20-9-12-23(11-8-15-5-2-1-3-6-15)18(24)13-16-14-22-19-17(16)7-4-10-21-19/h1-7,10,14H,8-9,11-13,20H2,(H,21,22). The summed E-state index contributed by atoms with van der Waals surface area (Å²) in [6.07, 6.45) is 4.81. The first-order chi connectivity index (χ1) is 11.8. The number of hydrogen-bond acceptors (Lipinski definition) is 3. The summed E-state index contributed by atoms with van der Waals surface area (Å²) in [5.74, 6) is 0.0983.